The predicted octanol–water partition coefficient (Wildman–Crippen LogP) is 5.50. The van der Waals surface area contributed by atoms with Crippen LogP contribution < -0.4 is 14.8 Å². The topological polar surface area (TPSA) is 60.5 Å². The Morgan fingerprint density at radius 2 is 1.93 bits per heavy atom. The number of amides is 1. The molecule has 0 saturated heterocycles. The highest BCUT2D eigenvalue weighted by Gasteiger charge is 2.20. The number of anilines is 1. The second-order valence-electron chi connectivity index (χ2n) is 6.57. The molecule has 2 aromatic carbocycles. The Kier molecular flexibility index (Phi) is 7.12. The van der Waals surface area contributed by atoms with E-state index in [1.54, 1.807) is 37.6 Å². The summed E-state index contributed by atoms with van der Waals surface area (Å²) in [4.78, 5) is 18.0. The number of aromatic nitrogens is 1. The number of nitrogens with one attached hydrogen (secondary N) is 1. The van der Waals surface area contributed by atoms with Crippen LogP contribution in [0.1, 0.15) is 29.3 Å². The van der Waals surface area contributed by atoms with Crippen LogP contribution in [-0.4, -0.2) is 24.1 Å². The molecule has 152 valence electrons. The van der Waals surface area contributed by atoms with Gasteiger partial charge >= 0.3 is 0 Å². The van der Waals surface area contributed by atoms with Gasteiger partial charge < -0.3 is 9.47 Å². The fourth-order valence-electron chi connectivity index (χ4n) is 2.72. The van der Waals surface area contributed by atoms with Crippen molar-refractivity contribution in [2.45, 2.75) is 32.8 Å². The first-order chi connectivity index (χ1) is 14.0. The van der Waals surface area contributed by atoms with Crippen LogP contribution in [0.3, 0.4) is 0 Å². The van der Waals surface area contributed by atoms with Crippen molar-refractivity contribution in [2.24, 2.45) is 0 Å². The zero-order valence-corrected chi connectivity index (χ0v) is 18.1. The van der Waals surface area contributed by atoms with Crippen LogP contribution in [0.25, 0.3) is 0 Å². The first-order valence-electron chi connectivity index (χ1n) is 9.29. The predicted molar refractivity (Wildman–Crippen MR) is 117 cm³/mol. The Balaban J connectivity index is 1.60. The Morgan fingerprint density at radius 3 is 2.59 bits per heavy atom. The summed E-state index contributed by atoms with van der Waals surface area (Å²) >= 11 is 7.65. The van der Waals surface area contributed by atoms with Gasteiger partial charge in [0.15, 0.2) is 11.2 Å². The van der Waals surface area contributed by atoms with Crippen LogP contribution in [0.2, 0.25) is 5.02 Å². The van der Waals surface area contributed by atoms with E-state index in [-0.39, 0.29) is 5.91 Å². The van der Waals surface area contributed by atoms with Crippen molar-refractivity contribution >= 4 is 34.0 Å². The molecule has 0 saturated carbocycles. The van der Waals surface area contributed by atoms with Crippen molar-refractivity contribution in [3.05, 3.63) is 69.7 Å². The Morgan fingerprint density at radius 1 is 1.21 bits per heavy atom. The average molecular weight is 431 g/mol. The third kappa shape index (κ3) is 5.71. The van der Waals surface area contributed by atoms with Gasteiger partial charge in [0.2, 0.25) is 0 Å². The summed E-state index contributed by atoms with van der Waals surface area (Å²) in [6.45, 7) is 3.88. The number of nitrogens with zero attached hydrogens (tertiary/aromatic N) is 1. The molecule has 0 fully saturated rings. The smallest absolute Gasteiger partial charge is 0.267 e. The molecule has 0 aliphatic heterocycles. The number of aryl methyl sites for hydroxylation is 1. The van der Waals surface area contributed by atoms with E-state index in [0.29, 0.717) is 23.7 Å². The normalized spacial score (nSPS) is 11.7. The molecule has 0 aliphatic rings. The number of halogens is 1. The molecule has 29 heavy (non-hydrogen) atoms. The van der Waals surface area contributed by atoms with Crippen molar-refractivity contribution in [1.82, 2.24) is 4.98 Å². The second-order valence-corrected chi connectivity index (χ2v) is 8.09. The minimum atomic E-state index is -0.605. The number of benzene rings is 2. The zero-order valence-electron chi connectivity index (χ0n) is 16.6. The van der Waals surface area contributed by atoms with E-state index >= 15 is 0 Å². The molecule has 3 rings (SSSR count). The lowest BCUT2D eigenvalue weighted by molar-refractivity contribution is -0.122. The standard InChI is InChI=1S/C22H23ClN2O3S/c1-4-20(28-17-9-7-16(27-3)8-10-17)21(26)25-22-24-13-18(29-22)11-15-6-5-14(2)19(23)12-15/h5-10,12-13,20H,4,11H2,1-3H3,(H,24,25,26). The highest BCUT2D eigenvalue weighted by molar-refractivity contribution is 7.15. The molecule has 1 N–H and O–H groups in total. The van der Waals surface area contributed by atoms with Crippen LogP contribution in [0.4, 0.5) is 5.13 Å². The first-order valence-corrected chi connectivity index (χ1v) is 10.5. The lowest BCUT2D eigenvalue weighted by atomic mass is 10.1. The van der Waals surface area contributed by atoms with Crippen LogP contribution in [-0.2, 0) is 11.2 Å². The number of methoxy groups -OCH3 is 1. The fourth-order valence-corrected chi connectivity index (χ4v) is 3.77. The zero-order chi connectivity index (χ0) is 20.8. The molecule has 1 unspecified atom stereocenters. The van der Waals surface area contributed by atoms with Crippen LogP contribution in [0.15, 0.2) is 48.7 Å². The van der Waals surface area contributed by atoms with Gasteiger partial charge in [-0.15, -0.1) is 11.3 Å². The lowest BCUT2D eigenvalue weighted by Crippen LogP contribution is -2.32. The molecule has 3 aromatic rings. The molecule has 5 nitrogen and oxygen atoms in total. The fraction of sp³-hybridized carbons (Fsp3) is 0.273. The third-order valence-corrected chi connectivity index (χ3v) is 5.72. The number of thiazole rings is 1. The second kappa shape index (κ2) is 9.76. The molecule has 1 aromatic heterocycles. The van der Waals surface area contributed by atoms with Crippen molar-refractivity contribution in [1.29, 1.82) is 0 Å². The van der Waals surface area contributed by atoms with Gasteiger partial charge in [-0.2, -0.15) is 0 Å². The molecule has 1 atom stereocenters. The maximum atomic E-state index is 12.6. The Labute approximate surface area is 179 Å². The Hall–Kier alpha value is -2.57. The van der Waals surface area contributed by atoms with E-state index in [1.165, 1.54) is 11.3 Å². The summed E-state index contributed by atoms with van der Waals surface area (Å²) in [5.74, 6) is 1.13. The molecule has 0 radical (unpaired) electrons. The summed E-state index contributed by atoms with van der Waals surface area (Å²) in [7, 11) is 1.61. The summed E-state index contributed by atoms with van der Waals surface area (Å²) in [6, 6.07) is 13.2. The highest BCUT2D eigenvalue weighted by atomic mass is 35.5. The lowest BCUT2D eigenvalue weighted by Gasteiger charge is -2.16. The minimum absolute atomic E-state index is 0.220. The van der Waals surface area contributed by atoms with E-state index in [4.69, 9.17) is 21.1 Å². The van der Waals surface area contributed by atoms with E-state index in [9.17, 15) is 4.79 Å². The minimum Gasteiger partial charge on any atom is -0.497 e. The monoisotopic (exact) mass is 430 g/mol. The van der Waals surface area contributed by atoms with Gasteiger partial charge in [0, 0.05) is 22.5 Å². The molecule has 0 aliphatic carbocycles. The molecule has 0 bridgehead atoms. The van der Waals surface area contributed by atoms with E-state index in [0.717, 1.165) is 26.8 Å². The van der Waals surface area contributed by atoms with E-state index in [1.807, 2.05) is 26.0 Å². The maximum Gasteiger partial charge on any atom is 0.267 e. The van der Waals surface area contributed by atoms with Gasteiger partial charge in [0.25, 0.3) is 5.91 Å². The van der Waals surface area contributed by atoms with Gasteiger partial charge in [-0.05, 0) is 54.8 Å². The molecular formula is C22H23ClN2O3S. The Bertz CT molecular complexity index is 972. The molecule has 7 heteroatoms. The van der Waals surface area contributed by atoms with Crippen molar-refractivity contribution in [3.63, 3.8) is 0 Å². The van der Waals surface area contributed by atoms with Gasteiger partial charge in [-0.3, -0.25) is 10.1 Å². The average Bonchev–Trinajstić information content (AvgIpc) is 3.16. The number of carbonyl (C=O) groups excluding carboxylic acids is 1. The van der Waals surface area contributed by atoms with E-state index in [2.05, 4.69) is 16.4 Å². The SMILES string of the molecule is CCC(Oc1ccc(OC)cc1)C(=O)Nc1ncc(Cc2ccc(C)c(Cl)c2)s1. The molecule has 1 heterocycles. The number of carbonyl (C=O) groups is 1. The first kappa shape index (κ1) is 21.1. The van der Waals surface area contributed by atoms with Gasteiger partial charge in [0.05, 0.1) is 7.11 Å². The largest absolute Gasteiger partial charge is 0.497 e. The van der Waals surface area contributed by atoms with Crippen LogP contribution in [0, 0.1) is 6.92 Å². The molecular weight excluding hydrogens is 408 g/mol. The quantitative estimate of drug-likeness (QED) is 0.512. The summed E-state index contributed by atoms with van der Waals surface area (Å²) in [5.41, 5.74) is 2.16. The maximum absolute atomic E-state index is 12.6. The van der Waals surface area contributed by atoms with Crippen LogP contribution >= 0.6 is 22.9 Å². The van der Waals surface area contributed by atoms with Crippen molar-refractivity contribution in [3.8, 4) is 11.5 Å². The number of rotatable bonds is 8. The van der Waals surface area contributed by atoms with Gasteiger partial charge in [0.1, 0.15) is 11.5 Å². The third-order valence-electron chi connectivity index (χ3n) is 4.40. The summed E-state index contributed by atoms with van der Waals surface area (Å²) < 4.78 is 11.0. The van der Waals surface area contributed by atoms with Gasteiger partial charge in [-0.25, -0.2) is 4.98 Å². The van der Waals surface area contributed by atoms with E-state index < -0.39 is 6.10 Å². The highest BCUT2D eigenvalue weighted by Crippen LogP contribution is 2.25. The van der Waals surface area contributed by atoms with Gasteiger partial charge in [-0.1, -0.05) is 30.7 Å². The number of hydrogen-bond acceptors (Lipinski definition) is 5. The van der Waals surface area contributed by atoms with Crippen molar-refractivity contribution < 1.29 is 14.3 Å². The molecule has 0 spiro atoms. The van der Waals surface area contributed by atoms with Crippen molar-refractivity contribution in [2.75, 3.05) is 12.4 Å². The summed E-state index contributed by atoms with van der Waals surface area (Å²) in [5, 5.41) is 4.16. The van der Waals surface area contributed by atoms with Crippen LogP contribution in [0.5, 0.6) is 11.5 Å². The molecule has 1 amide bonds. The number of ether oxygens (including phenoxy) is 2. The number of hydrogen-bond donors (Lipinski definition) is 1. The summed E-state index contributed by atoms with van der Waals surface area (Å²) in [6.07, 6.45) is 2.43.